The van der Waals surface area contributed by atoms with Gasteiger partial charge in [-0.1, -0.05) is 12.1 Å². The quantitative estimate of drug-likeness (QED) is 0.206. The van der Waals surface area contributed by atoms with E-state index in [0.717, 1.165) is 25.3 Å². The molecule has 0 unspecified atom stereocenters. The fourth-order valence-electron chi connectivity index (χ4n) is 4.00. The maximum Gasteiger partial charge on any atom is 0.407 e. The largest absolute Gasteiger partial charge is 0.487 e. The molecule has 2 aromatic carbocycles. The Bertz CT molecular complexity index is 1740. The molecule has 3 amide bonds. The second-order valence-electron chi connectivity index (χ2n) is 9.15. The minimum absolute atomic E-state index is 0.0247. The van der Waals surface area contributed by atoms with Gasteiger partial charge in [-0.05, 0) is 55.3 Å². The van der Waals surface area contributed by atoms with Crippen molar-refractivity contribution in [2.24, 2.45) is 5.73 Å². The Kier molecular flexibility index (Phi) is 10.2. The molecule has 1 atom stereocenters. The molecule has 11 nitrogen and oxygen atoms in total. The van der Waals surface area contributed by atoms with Gasteiger partial charge in [-0.25, -0.2) is 18.6 Å². The van der Waals surface area contributed by atoms with E-state index in [2.05, 4.69) is 20.4 Å². The minimum Gasteiger partial charge on any atom is -0.487 e. The summed E-state index contributed by atoms with van der Waals surface area (Å²) in [6.07, 6.45) is 3.66. The summed E-state index contributed by atoms with van der Waals surface area (Å²) >= 11 is 1.28. The molecule has 0 saturated carbocycles. The molecule has 2 aromatic heterocycles. The lowest BCUT2D eigenvalue weighted by molar-refractivity contribution is -0.118. The number of nitrogens with zero attached hydrogens (tertiary/aromatic N) is 2. The number of pyridine rings is 1. The first kappa shape index (κ1) is 30.8. The van der Waals surface area contributed by atoms with Gasteiger partial charge in [0.25, 0.3) is 5.56 Å². The predicted octanol–water partition coefficient (Wildman–Crippen LogP) is 3.85. The van der Waals surface area contributed by atoms with E-state index in [4.69, 9.17) is 10.5 Å². The van der Waals surface area contributed by atoms with Gasteiger partial charge in [0.05, 0.1) is 23.9 Å². The number of allylic oxidation sites excluding steroid dienone is 1. The summed E-state index contributed by atoms with van der Waals surface area (Å²) in [6.45, 7) is -0.0391. The zero-order valence-electron chi connectivity index (χ0n) is 22.8. The lowest BCUT2D eigenvalue weighted by Gasteiger charge is -2.17. The van der Waals surface area contributed by atoms with Crippen LogP contribution in [-0.4, -0.2) is 40.6 Å². The maximum absolute atomic E-state index is 14.0. The zero-order chi connectivity index (χ0) is 30.9. The fraction of sp³-hybridized carbons (Fsp3) is 0.207. The number of hydrogen-bond donors (Lipinski definition) is 3. The molecule has 0 aliphatic carbocycles. The van der Waals surface area contributed by atoms with Crippen LogP contribution in [0, 0.1) is 11.6 Å². The van der Waals surface area contributed by atoms with Crippen LogP contribution in [0.1, 0.15) is 23.4 Å². The number of methoxy groups -OCH3 is 1. The first-order valence-corrected chi connectivity index (χ1v) is 13.7. The molecule has 0 aliphatic rings. The summed E-state index contributed by atoms with van der Waals surface area (Å²) in [5.41, 5.74) is 5.34. The van der Waals surface area contributed by atoms with Crippen molar-refractivity contribution < 1.29 is 32.6 Å². The number of anilines is 1. The highest BCUT2D eigenvalue weighted by Crippen LogP contribution is 2.32. The molecule has 43 heavy (non-hydrogen) atoms. The van der Waals surface area contributed by atoms with Gasteiger partial charge in [-0.2, -0.15) is 0 Å². The van der Waals surface area contributed by atoms with E-state index < -0.39 is 41.1 Å². The van der Waals surface area contributed by atoms with Crippen LogP contribution in [0.15, 0.2) is 71.7 Å². The first-order valence-electron chi connectivity index (χ1n) is 12.9. The van der Waals surface area contributed by atoms with E-state index in [1.54, 1.807) is 24.3 Å². The van der Waals surface area contributed by atoms with Crippen LogP contribution in [0.5, 0.6) is 5.75 Å². The van der Waals surface area contributed by atoms with Gasteiger partial charge in [0, 0.05) is 17.8 Å². The molecule has 4 aromatic rings. The van der Waals surface area contributed by atoms with Crippen molar-refractivity contribution in [3.8, 4) is 5.75 Å². The topological polar surface area (TPSA) is 155 Å². The number of nitrogens with two attached hydrogens (primary N) is 1. The highest BCUT2D eigenvalue weighted by Gasteiger charge is 2.22. The monoisotopic (exact) mass is 611 g/mol. The molecule has 2 heterocycles. The van der Waals surface area contributed by atoms with Crippen LogP contribution >= 0.6 is 11.3 Å². The Balaban J connectivity index is 1.48. The standard InChI is InChI=1S/C29H27F2N5O6S/c1-41-29(40)35-21(6-2-3-10-24(32)37)27(38)34-22-8-5-13-36(28(22)39)15-25-33-20-7-4-9-23(26(20)43-25)42-16-17-11-12-18(30)14-19(17)31/h3-5,7-14,21H,2,6,15-16H2,1H3,(H2,32,37)(H,34,38)(H,35,40)/b10-3+/t21-/m0/s1. The Morgan fingerprint density at radius 2 is 1.98 bits per heavy atom. The number of rotatable bonds is 12. The number of ether oxygens (including phenoxy) is 2. The number of alkyl carbamates (subject to hydrolysis) is 1. The van der Waals surface area contributed by atoms with Crippen molar-refractivity contribution in [2.45, 2.75) is 32.0 Å². The Morgan fingerprint density at radius 3 is 2.72 bits per heavy atom. The Hall–Kier alpha value is -5.11. The lowest BCUT2D eigenvalue weighted by atomic mass is 10.1. The van der Waals surface area contributed by atoms with Gasteiger partial charge in [0.2, 0.25) is 11.8 Å². The van der Waals surface area contributed by atoms with Crippen LogP contribution in [0.4, 0.5) is 19.3 Å². The number of amides is 3. The predicted molar refractivity (Wildman–Crippen MR) is 156 cm³/mol. The van der Waals surface area contributed by atoms with E-state index in [-0.39, 0.29) is 37.2 Å². The average Bonchev–Trinajstić information content (AvgIpc) is 3.39. The SMILES string of the molecule is COC(=O)N[C@@H](CC/C=C/C(N)=O)C(=O)Nc1cccn(Cc2nc3cccc(OCc4ccc(F)cc4F)c3s2)c1=O. The zero-order valence-corrected chi connectivity index (χ0v) is 23.7. The second kappa shape index (κ2) is 14.2. The van der Waals surface area contributed by atoms with Gasteiger partial charge in [-0.3, -0.25) is 14.4 Å². The van der Waals surface area contributed by atoms with Crippen LogP contribution in [0.2, 0.25) is 0 Å². The Labute approximate surface area is 247 Å². The van der Waals surface area contributed by atoms with Gasteiger partial charge in [0.15, 0.2) is 0 Å². The van der Waals surface area contributed by atoms with Gasteiger partial charge >= 0.3 is 6.09 Å². The van der Waals surface area contributed by atoms with E-state index in [1.807, 2.05) is 0 Å². The number of carbonyl (C=O) groups is 3. The number of nitrogens with one attached hydrogen (secondary N) is 2. The third-order valence-corrected chi connectivity index (χ3v) is 7.17. The molecular formula is C29H27F2N5O6S. The van der Waals surface area contributed by atoms with Crippen LogP contribution in [-0.2, 0) is 27.5 Å². The number of halogens is 2. The number of aromatic nitrogens is 2. The van der Waals surface area contributed by atoms with E-state index in [9.17, 15) is 28.0 Å². The van der Waals surface area contributed by atoms with E-state index in [0.29, 0.717) is 21.0 Å². The molecule has 4 rings (SSSR count). The van der Waals surface area contributed by atoms with Crippen molar-refractivity contribution in [1.29, 1.82) is 0 Å². The van der Waals surface area contributed by atoms with Gasteiger partial charge < -0.3 is 30.4 Å². The van der Waals surface area contributed by atoms with Crippen molar-refractivity contribution in [3.63, 3.8) is 0 Å². The summed E-state index contributed by atoms with van der Waals surface area (Å²) in [7, 11) is 1.15. The van der Waals surface area contributed by atoms with Crippen molar-refractivity contribution in [2.75, 3.05) is 12.4 Å². The number of hydrogen-bond acceptors (Lipinski definition) is 8. The summed E-state index contributed by atoms with van der Waals surface area (Å²) in [4.78, 5) is 53.4. The molecule has 224 valence electrons. The Morgan fingerprint density at radius 1 is 1.16 bits per heavy atom. The van der Waals surface area contributed by atoms with Crippen LogP contribution in [0.25, 0.3) is 10.2 Å². The molecule has 14 heteroatoms. The number of carbonyl (C=O) groups excluding carboxylic acids is 3. The molecular weight excluding hydrogens is 584 g/mol. The summed E-state index contributed by atoms with van der Waals surface area (Å²) in [5, 5.41) is 5.51. The smallest absolute Gasteiger partial charge is 0.407 e. The molecule has 0 aliphatic heterocycles. The summed E-state index contributed by atoms with van der Waals surface area (Å²) < 4.78 is 39.7. The van der Waals surface area contributed by atoms with Crippen molar-refractivity contribution in [3.05, 3.63) is 99.4 Å². The van der Waals surface area contributed by atoms with Crippen LogP contribution in [0.3, 0.4) is 0 Å². The van der Waals surface area contributed by atoms with Crippen molar-refractivity contribution in [1.82, 2.24) is 14.9 Å². The number of benzene rings is 2. The van der Waals surface area contributed by atoms with Crippen LogP contribution < -0.4 is 26.7 Å². The summed E-state index contributed by atoms with van der Waals surface area (Å²) in [5.74, 6) is -2.25. The highest BCUT2D eigenvalue weighted by molar-refractivity contribution is 7.19. The third-order valence-electron chi connectivity index (χ3n) is 6.10. The highest BCUT2D eigenvalue weighted by atomic mass is 32.1. The number of thiazole rings is 1. The molecule has 0 spiro atoms. The van der Waals surface area contributed by atoms with E-state index in [1.165, 1.54) is 40.3 Å². The summed E-state index contributed by atoms with van der Waals surface area (Å²) in [6, 6.07) is 10.4. The molecule has 4 N–H and O–H groups in total. The minimum atomic E-state index is -1.07. The number of fused-ring (bicyclic) bond motifs is 1. The third kappa shape index (κ3) is 8.23. The number of primary amides is 1. The van der Waals surface area contributed by atoms with E-state index >= 15 is 0 Å². The molecule has 0 saturated heterocycles. The normalized spacial score (nSPS) is 11.8. The van der Waals surface area contributed by atoms with Crippen molar-refractivity contribution >= 4 is 45.1 Å². The van der Waals surface area contributed by atoms with Gasteiger partial charge in [-0.15, -0.1) is 11.3 Å². The maximum atomic E-state index is 14.0. The van der Waals surface area contributed by atoms with Gasteiger partial charge in [0.1, 0.15) is 40.7 Å². The molecule has 0 radical (unpaired) electrons. The first-order chi connectivity index (χ1) is 20.6. The molecule has 0 bridgehead atoms. The molecule has 0 fully saturated rings. The lowest BCUT2D eigenvalue weighted by Crippen LogP contribution is -2.44. The second-order valence-corrected chi connectivity index (χ2v) is 10.2. The average molecular weight is 612 g/mol. The fourth-order valence-corrected chi connectivity index (χ4v) is 5.03.